The van der Waals surface area contributed by atoms with Crippen LogP contribution in [0.5, 0.6) is 0 Å². The van der Waals surface area contributed by atoms with Crippen LogP contribution in [0.15, 0.2) is 12.4 Å². The molecular formula is C16H26N4O2. The van der Waals surface area contributed by atoms with Gasteiger partial charge in [-0.3, -0.25) is 14.4 Å². The lowest BCUT2D eigenvalue weighted by molar-refractivity contribution is -0.122. The number of carbonyl (C=O) groups excluding carboxylic acids is 1. The summed E-state index contributed by atoms with van der Waals surface area (Å²) in [6, 6.07) is 0. The predicted molar refractivity (Wildman–Crippen MR) is 83.4 cm³/mol. The second kappa shape index (κ2) is 7.24. The van der Waals surface area contributed by atoms with Crippen molar-refractivity contribution in [1.82, 2.24) is 20.0 Å². The van der Waals surface area contributed by atoms with Crippen molar-refractivity contribution >= 4 is 5.91 Å². The van der Waals surface area contributed by atoms with Crippen LogP contribution in [0.2, 0.25) is 0 Å². The highest BCUT2D eigenvalue weighted by Crippen LogP contribution is 2.20. The molecule has 2 fully saturated rings. The first-order valence-electron chi connectivity index (χ1n) is 8.27. The minimum atomic E-state index is 0.123. The Balaban J connectivity index is 1.36. The zero-order chi connectivity index (χ0) is 15.4. The minimum absolute atomic E-state index is 0.123. The fourth-order valence-electron chi connectivity index (χ4n) is 3.43. The van der Waals surface area contributed by atoms with E-state index in [0.717, 1.165) is 45.4 Å². The fourth-order valence-corrected chi connectivity index (χ4v) is 3.43. The Hall–Kier alpha value is -1.40. The van der Waals surface area contributed by atoms with Crippen LogP contribution in [0.4, 0.5) is 0 Å². The Morgan fingerprint density at radius 3 is 3.14 bits per heavy atom. The minimum Gasteiger partial charge on any atom is -0.376 e. The molecular weight excluding hydrogens is 280 g/mol. The largest absolute Gasteiger partial charge is 0.376 e. The van der Waals surface area contributed by atoms with Crippen LogP contribution in [0.25, 0.3) is 0 Å². The third kappa shape index (κ3) is 4.30. The average Bonchev–Trinajstić information content (AvgIpc) is 3.20. The number of carbonyl (C=O) groups is 1. The molecule has 0 spiro atoms. The Morgan fingerprint density at radius 2 is 2.41 bits per heavy atom. The summed E-state index contributed by atoms with van der Waals surface area (Å²) in [5.41, 5.74) is 1.29. The van der Waals surface area contributed by atoms with Crippen LogP contribution in [-0.2, 0) is 23.0 Å². The maximum absolute atomic E-state index is 12.0. The number of hydrogen-bond donors (Lipinski definition) is 1. The fraction of sp³-hybridized carbons (Fsp3) is 0.750. The van der Waals surface area contributed by atoms with Crippen LogP contribution < -0.4 is 5.32 Å². The highest BCUT2D eigenvalue weighted by molar-refractivity contribution is 5.78. The summed E-state index contributed by atoms with van der Waals surface area (Å²) in [6.45, 7) is 4.02. The summed E-state index contributed by atoms with van der Waals surface area (Å²) in [6.07, 6.45) is 8.64. The topological polar surface area (TPSA) is 59.4 Å². The van der Waals surface area contributed by atoms with Crippen molar-refractivity contribution in [3.8, 4) is 0 Å². The van der Waals surface area contributed by atoms with E-state index in [2.05, 4.69) is 21.5 Å². The van der Waals surface area contributed by atoms with E-state index in [1.807, 2.05) is 17.9 Å². The van der Waals surface area contributed by atoms with E-state index in [-0.39, 0.29) is 12.0 Å². The average molecular weight is 306 g/mol. The molecule has 1 amide bonds. The van der Waals surface area contributed by atoms with Gasteiger partial charge < -0.3 is 10.1 Å². The van der Waals surface area contributed by atoms with Crippen LogP contribution in [-0.4, -0.2) is 59.5 Å². The van der Waals surface area contributed by atoms with E-state index < -0.39 is 0 Å². The maximum atomic E-state index is 12.0. The molecule has 1 aromatic heterocycles. The molecule has 2 aliphatic rings. The van der Waals surface area contributed by atoms with Gasteiger partial charge in [0.1, 0.15) is 0 Å². The quantitative estimate of drug-likeness (QED) is 0.835. The van der Waals surface area contributed by atoms with Gasteiger partial charge in [0.2, 0.25) is 5.91 Å². The smallest absolute Gasteiger partial charge is 0.234 e. The van der Waals surface area contributed by atoms with Gasteiger partial charge in [0.05, 0.1) is 18.8 Å². The van der Waals surface area contributed by atoms with E-state index >= 15 is 0 Å². The summed E-state index contributed by atoms with van der Waals surface area (Å²) < 4.78 is 7.37. The summed E-state index contributed by atoms with van der Waals surface area (Å²) in [5, 5.41) is 7.22. The number of ether oxygens (including phenoxy) is 1. The van der Waals surface area contributed by atoms with E-state index in [1.165, 1.54) is 5.56 Å². The van der Waals surface area contributed by atoms with Gasteiger partial charge in [-0.15, -0.1) is 0 Å². The molecule has 2 aliphatic heterocycles. The second-order valence-corrected chi connectivity index (χ2v) is 6.56. The molecule has 0 aliphatic carbocycles. The maximum Gasteiger partial charge on any atom is 0.234 e. The molecule has 22 heavy (non-hydrogen) atoms. The number of hydrogen-bond acceptors (Lipinski definition) is 4. The number of aryl methyl sites for hydroxylation is 1. The first-order valence-corrected chi connectivity index (χ1v) is 8.27. The molecule has 122 valence electrons. The highest BCUT2D eigenvalue weighted by atomic mass is 16.5. The van der Waals surface area contributed by atoms with Crippen LogP contribution in [0, 0.1) is 5.92 Å². The number of rotatable bonds is 6. The molecule has 6 heteroatoms. The Morgan fingerprint density at radius 1 is 1.50 bits per heavy atom. The molecule has 3 rings (SSSR count). The lowest BCUT2D eigenvalue weighted by Crippen LogP contribution is -2.39. The van der Waals surface area contributed by atoms with Gasteiger partial charge in [0.15, 0.2) is 0 Å². The Bertz CT molecular complexity index is 496. The van der Waals surface area contributed by atoms with Crippen LogP contribution >= 0.6 is 0 Å². The Kier molecular flexibility index (Phi) is 5.10. The molecule has 1 N–H and O–H groups in total. The van der Waals surface area contributed by atoms with E-state index in [1.54, 1.807) is 0 Å². The molecule has 6 nitrogen and oxygen atoms in total. The monoisotopic (exact) mass is 306 g/mol. The zero-order valence-electron chi connectivity index (χ0n) is 13.3. The van der Waals surface area contributed by atoms with E-state index in [0.29, 0.717) is 19.0 Å². The molecule has 2 atom stereocenters. The SMILES string of the molecule is Cn1cc(C[C@@H]2CCN(CC(=O)NC[C@@H]3CCCO3)C2)cn1. The van der Waals surface area contributed by atoms with Gasteiger partial charge in [-0.25, -0.2) is 0 Å². The lowest BCUT2D eigenvalue weighted by Gasteiger charge is -2.16. The summed E-state index contributed by atoms with van der Waals surface area (Å²) in [4.78, 5) is 14.3. The highest BCUT2D eigenvalue weighted by Gasteiger charge is 2.25. The first kappa shape index (κ1) is 15.5. The predicted octanol–water partition coefficient (Wildman–Crippen LogP) is 0.580. The van der Waals surface area contributed by atoms with Gasteiger partial charge >= 0.3 is 0 Å². The van der Waals surface area contributed by atoms with E-state index in [9.17, 15) is 4.79 Å². The van der Waals surface area contributed by atoms with Crippen molar-refractivity contribution in [2.75, 3.05) is 32.8 Å². The standard InChI is InChI=1S/C16H26N4O2/c1-19-10-14(8-18-19)7-13-4-5-20(11-13)12-16(21)17-9-15-3-2-6-22-15/h8,10,13,15H,2-7,9,11-12H2,1H3,(H,17,21)/t13-,15-/m0/s1. The van der Waals surface area contributed by atoms with Crippen LogP contribution in [0.1, 0.15) is 24.8 Å². The van der Waals surface area contributed by atoms with Crippen molar-refractivity contribution in [3.05, 3.63) is 18.0 Å². The van der Waals surface area contributed by atoms with E-state index in [4.69, 9.17) is 4.74 Å². The number of aromatic nitrogens is 2. The van der Waals surface area contributed by atoms with Gasteiger partial charge in [-0.2, -0.15) is 5.10 Å². The molecule has 0 bridgehead atoms. The third-order valence-corrected chi connectivity index (χ3v) is 4.57. The summed E-state index contributed by atoms with van der Waals surface area (Å²) >= 11 is 0. The van der Waals surface area contributed by atoms with Crippen molar-refractivity contribution in [2.45, 2.75) is 31.8 Å². The molecule has 0 aromatic carbocycles. The second-order valence-electron chi connectivity index (χ2n) is 6.56. The molecule has 0 unspecified atom stereocenters. The number of likely N-dealkylation sites (tertiary alicyclic amines) is 1. The molecule has 1 aromatic rings. The van der Waals surface area contributed by atoms with Crippen molar-refractivity contribution < 1.29 is 9.53 Å². The summed E-state index contributed by atoms with van der Waals surface area (Å²) in [7, 11) is 1.95. The van der Waals surface area contributed by atoms with Gasteiger partial charge in [0.25, 0.3) is 0 Å². The molecule has 2 saturated heterocycles. The number of amides is 1. The van der Waals surface area contributed by atoms with Gasteiger partial charge in [0, 0.05) is 32.9 Å². The van der Waals surface area contributed by atoms with Gasteiger partial charge in [-0.05, 0) is 43.7 Å². The van der Waals surface area contributed by atoms with Crippen molar-refractivity contribution in [1.29, 1.82) is 0 Å². The first-order chi connectivity index (χ1) is 10.7. The van der Waals surface area contributed by atoms with Crippen molar-refractivity contribution in [2.24, 2.45) is 13.0 Å². The number of nitrogens with one attached hydrogen (secondary N) is 1. The van der Waals surface area contributed by atoms with Crippen molar-refractivity contribution in [3.63, 3.8) is 0 Å². The number of nitrogens with zero attached hydrogens (tertiary/aromatic N) is 3. The molecule has 0 radical (unpaired) electrons. The normalized spacial score (nSPS) is 25.7. The van der Waals surface area contributed by atoms with Crippen LogP contribution in [0.3, 0.4) is 0 Å². The Labute approximate surface area is 131 Å². The molecule has 0 saturated carbocycles. The third-order valence-electron chi connectivity index (χ3n) is 4.57. The van der Waals surface area contributed by atoms with Gasteiger partial charge in [-0.1, -0.05) is 0 Å². The molecule has 3 heterocycles. The lowest BCUT2D eigenvalue weighted by atomic mass is 10.0. The zero-order valence-corrected chi connectivity index (χ0v) is 13.3. The summed E-state index contributed by atoms with van der Waals surface area (Å²) in [5.74, 6) is 0.757.